The van der Waals surface area contributed by atoms with Crippen LogP contribution in [0.4, 0.5) is 0 Å². The summed E-state index contributed by atoms with van der Waals surface area (Å²) < 4.78 is 0.841. The van der Waals surface area contributed by atoms with Gasteiger partial charge in [0.15, 0.2) is 0 Å². The number of hydrogen-bond acceptors (Lipinski definition) is 3. The van der Waals surface area contributed by atoms with Gasteiger partial charge in [0.2, 0.25) is 0 Å². The summed E-state index contributed by atoms with van der Waals surface area (Å²) in [5, 5.41) is 21.8. The van der Waals surface area contributed by atoms with Crippen LogP contribution in [0.1, 0.15) is 23.6 Å². The maximum atomic E-state index is 10.9. The van der Waals surface area contributed by atoms with Crippen LogP contribution in [0.2, 0.25) is 0 Å². The molecule has 2 atom stereocenters. The zero-order valence-corrected chi connectivity index (χ0v) is 11.0. The minimum absolute atomic E-state index is 0.00102. The van der Waals surface area contributed by atoms with Crippen LogP contribution < -0.4 is 5.32 Å². The molecule has 1 aromatic carbocycles. The Kier molecular flexibility index (Phi) is 3.40. The molecular weight excluding hydrogens is 286 g/mol. The standard InChI is InChI=1S/C12H14BrNO3/c1-6-9(13)2-7(4-11(6)15)10-3-8(5-14-10)12(16)17/h2,4,8,10,14-15H,3,5H2,1H3,(H,16,17). The molecule has 0 spiro atoms. The fraction of sp³-hybridized carbons (Fsp3) is 0.417. The SMILES string of the molecule is Cc1c(O)cc(C2CC(C(=O)O)CN2)cc1Br. The fourth-order valence-electron chi connectivity index (χ4n) is 2.06. The summed E-state index contributed by atoms with van der Waals surface area (Å²) in [7, 11) is 0. The van der Waals surface area contributed by atoms with Crippen molar-refractivity contribution < 1.29 is 15.0 Å². The van der Waals surface area contributed by atoms with Crippen molar-refractivity contribution in [2.75, 3.05) is 6.54 Å². The molecule has 3 N–H and O–H groups in total. The molecule has 1 heterocycles. The smallest absolute Gasteiger partial charge is 0.307 e. The summed E-state index contributed by atoms with van der Waals surface area (Å²) >= 11 is 3.38. The molecule has 92 valence electrons. The van der Waals surface area contributed by atoms with Gasteiger partial charge in [-0.1, -0.05) is 15.9 Å². The molecule has 2 rings (SSSR count). The molecule has 1 aliphatic rings. The van der Waals surface area contributed by atoms with Gasteiger partial charge in [-0.3, -0.25) is 4.79 Å². The Morgan fingerprint density at radius 2 is 2.24 bits per heavy atom. The van der Waals surface area contributed by atoms with Gasteiger partial charge in [0, 0.05) is 22.6 Å². The molecule has 0 saturated carbocycles. The molecule has 0 aliphatic carbocycles. The molecule has 4 nitrogen and oxygen atoms in total. The van der Waals surface area contributed by atoms with Gasteiger partial charge < -0.3 is 15.5 Å². The van der Waals surface area contributed by atoms with E-state index >= 15 is 0 Å². The molecule has 1 fully saturated rings. The van der Waals surface area contributed by atoms with Crippen molar-refractivity contribution in [2.45, 2.75) is 19.4 Å². The molecule has 0 aromatic heterocycles. The quantitative estimate of drug-likeness (QED) is 0.783. The highest BCUT2D eigenvalue weighted by molar-refractivity contribution is 9.10. The van der Waals surface area contributed by atoms with Gasteiger partial charge >= 0.3 is 5.97 Å². The van der Waals surface area contributed by atoms with E-state index < -0.39 is 5.97 Å². The van der Waals surface area contributed by atoms with Gasteiger partial charge in [0.05, 0.1) is 5.92 Å². The number of rotatable bonds is 2. The molecule has 1 aliphatic heterocycles. The third-order valence-electron chi connectivity index (χ3n) is 3.22. The molecule has 0 radical (unpaired) electrons. The highest BCUT2D eigenvalue weighted by atomic mass is 79.9. The van der Waals surface area contributed by atoms with Gasteiger partial charge in [-0.05, 0) is 31.0 Å². The Bertz CT molecular complexity index is 438. The van der Waals surface area contributed by atoms with Gasteiger partial charge in [-0.2, -0.15) is 0 Å². The van der Waals surface area contributed by atoms with Gasteiger partial charge in [-0.15, -0.1) is 0 Å². The first-order valence-corrected chi connectivity index (χ1v) is 6.23. The lowest BCUT2D eigenvalue weighted by atomic mass is 9.99. The normalized spacial score (nSPS) is 23.9. The predicted molar refractivity (Wildman–Crippen MR) is 67.0 cm³/mol. The van der Waals surface area contributed by atoms with Crippen LogP contribution >= 0.6 is 15.9 Å². The number of phenols is 1. The average Bonchev–Trinajstić information content (AvgIpc) is 2.74. The molecule has 5 heteroatoms. The van der Waals surface area contributed by atoms with Crippen LogP contribution in [0.25, 0.3) is 0 Å². The molecule has 0 amide bonds. The van der Waals surface area contributed by atoms with Crippen LogP contribution in [0.15, 0.2) is 16.6 Å². The van der Waals surface area contributed by atoms with E-state index in [9.17, 15) is 9.90 Å². The highest BCUT2D eigenvalue weighted by Gasteiger charge is 2.30. The second kappa shape index (κ2) is 4.66. The first kappa shape index (κ1) is 12.4. The zero-order valence-electron chi connectivity index (χ0n) is 9.40. The minimum atomic E-state index is -0.768. The molecule has 17 heavy (non-hydrogen) atoms. The van der Waals surface area contributed by atoms with Crippen LogP contribution in [0.3, 0.4) is 0 Å². The Morgan fingerprint density at radius 1 is 1.53 bits per heavy atom. The van der Waals surface area contributed by atoms with E-state index in [0.29, 0.717) is 13.0 Å². The molecular formula is C12H14BrNO3. The lowest BCUT2D eigenvalue weighted by Gasteiger charge is -2.13. The number of carbonyl (C=O) groups is 1. The maximum Gasteiger partial charge on any atom is 0.307 e. The maximum absolute atomic E-state index is 10.9. The van der Waals surface area contributed by atoms with Gasteiger partial charge in [-0.25, -0.2) is 0 Å². The first-order valence-electron chi connectivity index (χ1n) is 5.44. The summed E-state index contributed by atoms with van der Waals surface area (Å²) in [6.07, 6.45) is 0.560. The number of benzene rings is 1. The van der Waals surface area contributed by atoms with Crippen molar-refractivity contribution in [3.8, 4) is 5.75 Å². The Morgan fingerprint density at radius 3 is 2.76 bits per heavy atom. The number of halogens is 1. The first-order chi connectivity index (χ1) is 7.99. The van der Waals surface area contributed by atoms with Crippen LogP contribution in [-0.2, 0) is 4.79 Å². The third kappa shape index (κ3) is 2.45. The number of aromatic hydroxyl groups is 1. The number of carboxylic acids is 1. The van der Waals surface area contributed by atoms with Gasteiger partial charge in [0.1, 0.15) is 5.75 Å². The summed E-state index contributed by atoms with van der Waals surface area (Å²) in [4.78, 5) is 10.9. The van der Waals surface area contributed by atoms with Crippen LogP contribution in [-0.4, -0.2) is 22.7 Å². The monoisotopic (exact) mass is 299 g/mol. The lowest BCUT2D eigenvalue weighted by Crippen LogP contribution is -2.17. The Labute approximate surface area is 108 Å². The number of aliphatic carboxylic acids is 1. The van der Waals surface area contributed by atoms with E-state index in [1.165, 1.54) is 0 Å². The van der Waals surface area contributed by atoms with E-state index in [2.05, 4.69) is 21.2 Å². The Hall–Kier alpha value is -1.07. The van der Waals surface area contributed by atoms with E-state index in [1.807, 2.05) is 13.0 Å². The second-order valence-corrected chi connectivity index (χ2v) is 5.23. The highest BCUT2D eigenvalue weighted by Crippen LogP contribution is 2.34. The van der Waals surface area contributed by atoms with E-state index in [-0.39, 0.29) is 17.7 Å². The number of hydrogen-bond donors (Lipinski definition) is 3. The second-order valence-electron chi connectivity index (χ2n) is 4.38. The number of nitrogens with one attached hydrogen (secondary N) is 1. The molecule has 2 unspecified atom stereocenters. The van der Waals surface area contributed by atoms with Crippen molar-refractivity contribution in [3.63, 3.8) is 0 Å². The number of phenolic OH excluding ortho intramolecular Hbond substituents is 1. The van der Waals surface area contributed by atoms with E-state index in [0.717, 1.165) is 15.6 Å². The predicted octanol–water partition coefficient (Wildman–Crippen LogP) is 2.20. The van der Waals surface area contributed by atoms with E-state index in [1.54, 1.807) is 6.07 Å². The Balaban J connectivity index is 2.22. The van der Waals surface area contributed by atoms with E-state index in [4.69, 9.17) is 5.11 Å². The topological polar surface area (TPSA) is 69.6 Å². The summed E-state index contributed by atoms with van der Waals surface area (Å²) in [5.74, 6) is -0.882. The fourth-order valence-corrected chi connectivity index (χ4v) is 2.53. The minimum Gasteiger partial charge on any atom is -0.508 e. The van der Waals surface area contributed by atoms with Crippen molar-refractivity contribution in [1.82, 2.24) is 5.32 Å². The lowest BCUT2D eigenvalue weighted by molar-refractivity contribution is -0.141. The van der Waals surface area contributed by atoms with Crippen molar-refractivity contribution in [3.05, 3.63) is 27.7 Å². The largest absolute Gasteiger partial charge is 0.508 e. The van der Waals surface area contributed by atoms with Crippen LogP contribution in [0.5, 0.6) is 5.75 Å². The van der Waals surface area contributed by atoms with Gasteiger partial charge in [0.25, 0.3) is 0 Å². The summed E-state index contributed by atoms with van der Waals surface area (Å²) in [6, 6.07) is 3.62. The molecule has 1 aromatic rings. The summed E-state index contributed by atoms with van der Waals surface area (Å²) in [6.45, 7) is 2.30. The molecule has 0 bridgehead atoms. The molecule has 1 saturated heterocycles. The average molecular weight is 300 g/mol. The number of carboxylic acid groups (broad SMARTS) is 1. The van der Waals surface area contributed by atoms with Crippen molar-refractivity contribution in [1.29, 1.82) is 0 Å². The zero-order chi connectivity index (χ0) is 12.6. The summed E-state index contributed by atoms with van der Waals surface area (Å²) in [5.41, 5.74) is 1.71. The third-order valence-corrected chi connectivity index (χ3v) is 4.05. The van der Waals surface area contributed by atoms with Crippen molar-refractivity contribution >= 4 is 21.9 Å². The van der Waals surface area contributed by atoms with Crippen molar-refractivity contribution in [2.24, 2.45) is 5.92 Å². The van der Waals surface area contributed by atoms with Crippen LogP contribution in [0, 0.1) is 12.8 Å².